The Morgan fingerprint density at radius 1 is 1.27 bits per heavy atom. The van der Waals surface area contributed by atoms with Gasteiger partial charge in [-0.05, 0) is 13.0 Å². The van der Waals surface area contributed by atoms with Crippen molar-refractivity contribution in [3.8, 4) is 0 Å². The molecule has 8 heteroatoms. The lowest BCUT2D eigenvalue weighted by Crippen LogP contribution is -2.37. The summed E-state index contributed by atoms with van der Waals surface area (Å²) in [6.45, 7) is 2.91. The third-order valence-electron chi connectivity index (χ3n) is 4.67. The third-order valence-corrected chi connectivity index (χ3v) is 4.67. The molecule has 1 aliphatic heterocycles. The van der Waals surface area contributed by atoms with E-state index in [0.717, 1.165) is 22.2 Å². The summed E-state index contributed by atoms with van der Waals surface area (Å²) in [7, 11) is 1.81. The maximum Gasteiger partial charge on any atom is 0.359 e. The minimum Gasteiger partial charge on any atom is -0.461 e. The van der Waals surface area contributed by atoms with Crippen molar-refractivity contribution in [2.45, 2.75) is 19.9 Å². The predicted molar refractivity (Wildman–Crippen MR) is 93.7 cm³/mol. The van der Waals surface area contributed by atoms with E-state index in [9.17, 15) is 9.59 Å². The van der Waals surface area contributed by atoms with Crippen LogP contribution in [0.1, 0.15) is 39.2 Å². The molecule has 0 saturated carbocycles. The van der Waals surface area contributed by atoms with Crippen LogP contribution in [0, 0.1) is 0 Å². The zero-order valence-electron chi connectivity index (χ0n) is 14.7. The minimum absolute atomic E-state index is 0.160. The number of hydrogen-bond donors (Lipinski definition) is 1. The van der Waals surface area contributed by atoms with Crippen LogP contribution in [0.5, 0.6) is 0 Å². The van der Waals surface area contributed by atoms with Crippen LogP contribution in [0.4, 0.5) is 0 Å². The number of nitrogens with zero attached hydrogens (tertiary/aromatic N) is 4. The summed E-state index contributed by atoms with van der Waals surface area (Å²) in [5.74, 6) is -0.615. The SMILES string of the molecule is CCOC(=O)c1nn(C)c2c1CN(C(=O)c1n[nH]c3ccccc13)CC2. The number of hydrogen-bond acceptors (Lipinski definition) is 5. The van der Waals surface area contributed by atoms with Gasteiger partial charge in [0.25, 0.3) is 5.91 Å². The molecular formula is C18H19N5O3. The molecule has 0 spiro atoms. The van der Waals surface area contributed by atoms with E-state index < -0.39 is 5.97 Å². The number of rotatable bonds is 3. The summed E-state index contributed by atoms with van der Waals surface area (Å²) in [5, 5.41) is 12.2. The molecule has 0 aliphatic carbocycles. The van der Waals surface area contributed by atoms with Gasteiger partial charge in [0.05, 0.1) is 18.7 Å². The van der Waals surface area contributed by atoms with Gasteiger partial charge in [0.1, 0.15) is 0 Å². The van der Waals surface area contributed by atoms with Gasteiger partial charge in [-0.25, -0.2) is 4.79 Å². The molecule has 1 aromatic carbocycles. The normalized spacial score (nSPS) is 13.7. The van der Waals surface area contributed by atoms with Crippen molar-refractivity contribution < 1.29 is 14.3 Å². The number of H-pyrrole nitrogens is 1. The summed E-state index contributed by atoms with van der Waals surface area (Å²) in [5.41, 5.74) is 3.22. The Kier molecular flexibility index (Phi) is 3.95. The highest BCUT2D eigenvalue weighted by Crippen LogP contribution is 2.25. The topological polar surface area (TPSA) is 93.1 Å². The van der Waals surface area contributed by atoms with Gasteiger partial charge in [0.2, 0.25) is 0 Å². The van der Waals surface area contributed by atoms with E-state index in [1.54, 1.807) is 23.6 Å². The standard InChI is InChI=1S/C18H19N5O3/c1-3-26-18(25)16-12-10-23(9-8-14(12)22(2)21-16)17(24)15-11-6-4-5-7-13(11)19-20-15/h4-7H,3,8-10H2,1-2H3,(H,19,20). The Labute approximate surface area is 149 Å². The highest BCUT2D eigenvalue weighted by atomic mass is 16.5. The van der Waals surface area contributed by atoms with E-state index in [0.29, 0.717) is 25.2 Å². The van der Waals surface area contributed by atoms with E-state index in [2.05, 4.69) is 15.3 Å². The number of carbonyl (C=O) groups is 2. The molecule has 26 heavy (non-hydrogen) atoms. The van der Waals surface area contributed by atoms with Gasteiger partial charge in [-0.2, -0.15) is 10.2 Å². The second-order valence-electron chi connectivity index (χ2n) is 6.21. The predicted octanol–water partition coefficient (Wildman–Crippen LogP) is 1.67. The fraction of sp³-hybridized carbons (Fsp3) is 0.333. The first-order chi connectivity index (χ1) is 12.6. The summed E-state index contributed by atoms with van der Waals surface area (Å²) >= 11 is 0. The number of aromatic nitrogens is 4. The van der Waals surface area contributed by atoms with Crippen molar-refractivity contribution in [3.05, 3.63) is 46.9 Å². The smallest absolute Gasteiger partial charge is 0.359 e. The summed E-state index contributed by atoms with van der Waals surface area (Å²) in [6.07, 6.45) is 0.631. The minimum atomic E-state index is -0.455. The quantitative estimate of drug-likeness (QED) is 0.723. The van der Waals surface area contributed by atoms with E-state index in [1.807, 2.05) is 24.3 Å². The number of carbonyl (C=O) groups excluding carboxylic acids is 2. The van der Waals surface area contributed by atoms with E-state index >= 15 is 0 Å². The Hall–Kier alpha value is -3.16. The number of esters is 1. The van der Waals surface area contributed by atoms with Crippen molar-refractivity contribution in [2.24, 2.45) is 7.05 Å². The van der Waals surface area contributed by atoms with Crippen LogP contribution in [0.15, 0.2) is 24.3 Å². The van der Waals surface area contributed by atoms with Crippen LogP contribution in [-0.4, -0.2) is 49.9 Å². The zero-order valence-corrected chi connectivity index (χ0v) is 14.7. The number of fused-ring (bicyclic) bond motifs is 2. The van der Waals surface area contributed by atoms with E-state index in [4.69, 9.17) is 4.74 Å². The number of amides is 1. The fourth-order valence-corrected chi connectivity index (χ4v) is 3.41. The average Bonchev–Trinajstić information content (AvgIpc) is 3.22. The van der Waals surface area contributed by atoms with Crippen molar-refractivity contribution >= 4 is 22.8 Å². The number of ether oxygens (including phenoxy) is 1. The molecule has 2 aromatic heterocycles. The van der Waals surface area contributed by atoms with Crippen LogP contribution in [0.3, 0.4) is 0 Å². The van der Waals surface area contributed by atoms with Gasteiger partial charge in [0.15, 0.2) is 11.4 Å². The van der Waals surface area contributed by atoms with Crippen LogP contribution in [0.25, 0.3) is 10.9 Å². The van der Waals surface area contributed by atoms with Crippen LogP contribution < -0.4 is 0 Å². The van der Waals surface area contributed by atoms with Crippen molar-refractivity contribution in [2.75, 3.05) is 13.2 Å². The highest BCUT2D eigenvalue weighted by Gasteiger charge is 2.31. The Balaban J connectivity index is 1.66. The molecule has 0 unspecified atom stereocenters. The van der Waals surface area contributed by atoms with Gasteiger partial charge in [-0.3, -0.25) is 14.6 Å². The Morgan fingerprint density at radius 3 is 2.88 bits per heavy atom. The lowest BCUT2D eigenvalue weighted by molar-refractivity contribution is 0.0513. The molecule has 1 N–H and O–H groups in total. The summed E-state index contributed by atoms with van der Waals surface area (Å²) in [4.78, 5) is 26.9. The summed E-state index contributed by atoms with van der Waals surface area (Å²) < 4.78 is 6.80. The maximum atomic E-state index is 13.0. The Morgan fingerprint density at radius 2 is 2.08 bits per heavy atom. The van der Waals surface area contributed by atoms with Crippen LogP contribution in [-0.2, 0) is 24.8 Å². The van der Waals surface area contributed by atoms with Crippen molar-refractivity contribution in [1.29, 1.82) is 0 Å². The van der Waals surface area contributed by atoms with E-state index in [1.165, 1.54) is 0 Å². The maximum absolute atomic E-state index is 13.0. The number of aryl methyl sites for hydroxylation is 1. The van der Waals surface area contributed by atoms with Gasteiger partial charge in [-0.1, -0.05) is 18.2 Å². The second-order valence-corrected chi connectivity index (χ2v) is 6.21. The molecule has 0 radical (unpaired) electrons. The first-order valence-electron chi connectivity index (χ1n) is 8.54. The second kappa shape index (κ2) is 6.29. The molecular weight excluding hydrogens is 334 g/mol. The van der Waals surface area contributed by atoms with Gasteiger partial charge >= 0.3 is 5.97 Å². The number of benzene rings is 1. The molecule has 8 nitrogen and oxygen atoms in total. The lowest BCUT2D eigenvalue weighted by atomic mass is 10.0. The first kappa shape index (κ1) is 16.3. The Bertz CT molecular complexity index is 1000. The van der Waals surface area contributed by atoms with Crippen LogP contribution in [0.2, 0.25) is 0 Å². The monoisotopic (exact) mass is 353 g/mol. The molecule has 134 valence electrons. The third kappa shape index (κ3) is 2.54. The molecule has 0 saturated heterocycles. The van der Waals surface area contributed by atoms with Gasteiger partial charge in [-0.15, -0.1) is 0 Å². The molecule has 4 rings (SSSR count). The molecule has 0 atom stereocenters. The lowest BCUT2D eigenvalue weighted by Gasteiger charge is -2.27. The molecule has 1 amide bonds. The number of para-hydroxylation sites is 1. The fourth-order valence-electron chi connectivity index (χ4n) is 3.41. The average molecular weight is 353 g/mol. The summed E-state index contributed by atoms with van der Waals surface area (Å²) in [6, 6.07) is 7.52. The van der Waals surface area contributed by atoms with Crippen LogP contribution >= 0.6 is 0 Å². The van der Waals surface area contributed by atoms with Crippen molar-refractivity contribution in [3.63, 3.8) is 0 Å². The molecule has 0 bridgehead atoms. The molecule has 3 heterocycles. The number of nitrogens with one attached hydrogen (secondary N) is 1. The largest absolute Gasteiger partial charge is 0.461 e. The molecule has 1 aliphatic rings. The molecule has 0 fully saturated rings. The first-order valence-corrected chi connectivity index (χ1v) is 8.54. The van der Waals surface area contributed by atoms with E-state index in [-0.39, 0.29) is 18.2 Å². The molecule has 3 aromatic rings. The van der Waals surface area contributed by atoms with Crippen molar-refractivity contribution in [1.82, 2.24) is 24.9 Å². The zero-order chi connectivity index (χ0) is 18.3. The highest BCUT2D eigenvalue weighted by molar-refractivity contribution is 6.04. The van der Waals surface area contributed by atoms with Gasteiger partial charge in [0, 0.05) is 36.7 Å². The number of aromatic amines is 1. The van der Waals surface area contributed by atoms with Gasteiger partial charge < -0.3 is 9.64 Å².